The number of ether oxygens (including phenoxy) is 2. The lowest BCUT2D eigenvalue weighted by Crippen LogP contribution is -2.22. The number of aromatic nitrogens is 1. The highest BCUT2D eigenvalue weighted by atomic mass is 32.2. The number of pyridine rings is 1. The fraction of sp³-hybridized carbons (Fsp3) is 0.174. The fourth-order valence-electron chi connectivity index (χ4n) is 2.85. The highest BCUT2D eigenvalue weighted by molar-refractivity contribution is 8.00. The molecule has 1 heterocycles. The van der Waals surface area contributed by atoms with Gasteiger partial charge in [0.05, 0.1) is 19.5 Å². The van der Waals surface area contributed by atoms with Crippen molar-refractivity contribution in [1.82, 2.24) is 4.98 Å². The first kappa shape index (κ1) is 22.2. The molecule has 0 aliphatic carbocycles. The number of hydrogen-bond donors (Lipinski definition) is 2. The number of hydrogen-bond acceptors (Lipinski definition) is 6. The molecule has 31 heavy (non-hydrogen) atoms. The third-order valence-electron chi connectivity index (χ3n) is 4.38. The number of nitrogens with zero attached hydrogens (tertiary/aromatic N) is 1. The molecule has 1 atom stereocenters. The number of rotatable bonds is 8. The molecule has 3 rings (SSSR count). The van der Waals surface area contributed by atoms with Crippen LogP contribution in [0.3, 0.4) is 0 Å². The summed E-state index contributed by atoms with van der Waals surface area (Å²) < 4.78 is 10.6. The van der Waals surface area contributed by atoms with E-state index in [9.17, 15) is 9.59 Å². The van der Waals surface area contributed by atoms with Gasteiger partial charge in [0.2, 0.25) is 5.91 Å². The molecular weight excluding hydrogens is 414 g/mol. The van der Waals surface area contributed by atoms with Crippen molar-refractivity contribution < 1.29 is 19.1 Å². The summed E-state index contributed by atoms with van der Waals surface area (Å²) in [6, 6.07) is 15.9. The number of benzene rings is 2. The van der Waals surface area contributed by atoms with Crippen molar-refractivity contribution >= 4 is 35.0 Å². The SMILES string of the molecule is COc1cccc(OC)c1C(=O)Nc1cccc(SC(C)C(=O)Nc2ccncc2)c1. The Hall–Kier alpha value is -3.52. The van der Waals surface area contributed by atoms with Crippen LogP contribution in [0.5, 0.6) is 11.5 Å². The predicted molar refractivity (Wildman–Crippen MR) is 122 cm³/mol. The lowest BCUT2D eigenvalue weighted by Gasteiger charge is -2.14. The minimum absolute atomic E-state index is 0.121. The van der Waals surface area contributed by atoms with Gasteiger partial charge in [-0.3, -0.25) is 14.6 Å². The largest absolute Gasteiger partial charge is 0.496 e. The van der Waals surface area contributed by atoms with E-state index in [0.29, 0.717) is 28.4 Å². The highest BCUT2D eigenvalue weighted by Gasteiger charge is 2.19. The van der Waals surface area contributed by atoms with Crippen LogP contribution in [0.15, 0.2) is 71.9 Å². The van der Waals surface area contributed by atoms with Crippen LogP contribution in [0, 0.1) is 0 Å². The minimum atomic E-state index is -0.347. The van der Waals surface area contributed by atoms with Crippen molar-refractivity contribution in [2.24, 2.45) is 0 Å². The first-order valence-corrected chi connectivity index (χ1v) is 10.4. The molecule has 0 saturated carbocycles. The molecule has 0 saturated heterocycles. The van der Waals surface area contributed by atoms with Gasteiger partial charge in [0.15, 0.2) is 0 Å². The number of carbonyl (C=O) groups is 2. The van der Waals surface area contributed by atoms with Crippen molar-refractivity contribution in [3.8, 4) is 11.5 Å². The first-order valence-electron chi connectivity index (χ1n) is 9.51. The van der Waals surface area contributed by atoms with Gasteiger partial charge in [-0.25, -0.2) is 0 Å². The van der Waals surface area contributed by atoms with Crippen LogP contribution in [0.4, 0.5) is 11.4 Å². The fourth-order valence-corrected chi connectivity index (χ4v) is 3.78. The topological polar surface area (TPSA) is 89.5 Å². The molecule has 160 valence electrons. The van der Waals surface area contributed by atoms with Gasteiger partial charge in [0.1, 0.15) is 17.1 Å². The van der Waals surface area contributed by atoms with E-state index < -0.39 is 0 Å². The second-order valence-corrected chi connectivity index (χ2v) is 7.92. The second kappa shape index (κ2) is 10.5. The molecule has 2 N–H and O–H groups in total. The zero-order chi connectivity index (χ0) is 22.2. The molecule has 0 spiro atoms. The molecule has 0 fully saturated rings. The Balaban J connectivity index is 1.69. The second-order valence-electron chi connectivity index (χ2n) is 6.50. The van der Waals surface area contributed by atoms with E-state index in [0.717, 1.165) is 4.90 Å². The predicted octanol–water partition coefficient (Wildman–Crippen LogP) is 4.47. The third-order valence-corrected chi connectivity index (χ3v) is 5.47. The molecule has 0 bridgehead atoms. The van der Waals surface area contributed by atoms with Crippen LogP contribution < -0.4 is 20.1 Å². The minimum Gasteiger partial charge on any atom is -0.496 e. The van der Waals surface area contributed by atoms with E-state index >= 15 is 0 Å². The standard InChI is InChI=1S/C23H23N3O4S/c1-15(22(27)25-16-10-12-24-13-11-16)31-18-7-4-6-17(14-18)26-23(28)21-19(29-2)8-5-9-20(21)30-3/h4-15H,1-3H3,(H,26,28)(H,24,25,27). The summed E-state index contributed by atoms with van der Waals surface area (Å²) in [4.78, 5) is 30.1. The molecule has 1 unspecified atom stereocenters. The normalized spacial score (nSPS) is 11.3. The van der Waals surface area contributed by atoms with Crippen LogP contribution in [0.25, 0.3) is 0 Å². The van der Waals surface area contributed by atoms with Crippen molar-refractivity contribution in [2.45, 2.75) is 17.1 Å². The van der Waals surface area contributed by atoms with E-state index in [1.165, 1.54) is 26.0 Å². The number of amides is 2. The molecule has 2 aromatic carbocycles. The Labute approximate surface area is 185 Å². The van der Waals surface area contributed by atoms with Gasteiger partial charge < -0.3 is 20.1 Å². The van der Waals surface area contributed by atoms with Crippen LogP contribution in [0.1, 0.15) is 17.3 Å². The molecule has 8 heteroatoms. The molecular formula is C23H23N3O4S. The lowest BCUT2D eigenvalue weighted by atomic mass is 10.1. The number of methoxy groups -OCH3 is 2. The van der Waals surface area contributed by atoms with Gasteiger partial charge in [-0.1, -0.05) is 12.1 Å². The van der Waals surface area contributed by atoms with Gasteiger partial charge in [-0.2, -0.15) is 0 Å². The Morgan fingerprint density at radius 1 is 0.903 bits per heavy atom. The number of anilines is 2. The Bertz CT molecular complexity index is 1040. The summed E-state index contributed by atoms with van der Waals surface area (Å²) in [6.07, 6.45) is 3.24. The molecule has 0 aliphatic rings. The lowest BCUT2D eigenvalue weighted by molar-refractivity contribution is -0.115. The van der Waals surface area contributed by atoms with Gasteiger partial charge in [0.25, 0.3) is 5.91 Å². The molecule has 0 aliphatic heterocycles. The van der Waals surface area contributed by atoms with Crippen LogP contribution in [-0.2, 0) is 4.79 Å². The number of carbonyl (C=O) groups excluding carboxylic acids is 2. The van der Waals surface area contributed by atoms with Crippen molar-refractivity contribution in [3.63, 3.8) is 0 Å². The summed E-state index contributed by atoms with van der Waals surface area (Å²) >= 11 is 1.39. The van der Waals surface area contributed by atoms with E-state index in [1.54, 1.807) is 48.8 Å². The molecule has 0 radical (unpaired) electrons. The molecule has 3 aromatic rings. The van der Waals surface area contributed by atoms with Crippen LogP contribution >= 0.6 is 11.8 Å². The van der Waals surface area contributed by atoms with E-state index in [-0.39, 0.29) is 17.1 Å². The van der Waals surface area contributed by atoms with E-state index in [2.05, 4.69) is 15.6 Å². The zero-order valence-corrected chi connectivity index (χ0v) is 18.2. The maximum atomic E-state index is 12.9. The molecule has 1 aromatic heterocycles. The Kier molecular flexibility index (Phi) is 7.50. The number of nitrogens with one attached hydrogen (secondary N) is 2. The average Bonchev–Trinajstić information content (AvgIpc) is 2.79. The molecule has 2 amide bonds. The van der Waals surface area contributed by atoms with Crippen LogP contribution in [0.2, 0.25) is 0 Å². The monoisotopic (exact) mass is 437 g/mol. The van der Waals surface area contributed by atoms with Crippen molar-refractivity contribution in [3.05, 3.63) is 72.6 Å². The summed E-state index contributed by atoms with van der Waals surface area (Å²) in [5.41, 5.74) is 1.61. The van der Waals surface area contributed by atoms with Gasteiger partial charge in [-0.05, 0) is 49.4 Å². The first-order chi connectivity index (χ1) is 15.0. The zero-order valence-electron chi connectivity index (χ0n) is 17.4. The Morgan fingerprint density at radius 3 is 2.19 bits per heavy atom. The summed E-state index contributed by atoms with van der Waals surface area (Å²) in [6.45, 7) is 1.83. The maximum absolute atomic E-state index is 12.9. The van der Waals surface area contributed by atoms with E-state index in [4.69, 9.17) is 9.47 Å². The van der Waals surface area contributed by atoms with Gasteiger partial charge in [-0.15, -0.1) is 11.8 Å². The summed E-state index contributed by atoms with van der Waals surface area (Å²) in [5.74, 6) is 0.372. The quantitative estimate of drug-likeness (QED) is 0.506. The average molecular weight is 438 g/mol. The van der Waals surface area contributed by atoms with Crippen LogP contribution in [-0.4, -0.2) is 36.3 Å². The summed E-state index contributed by atoms with van der Waals surface area (Å²) in [7, 11) is 3.00. The smallest absolute Gasteiger partial charge is 0.263 e. The van der Waals surface area contributed by atoms with Crippen molar-refractivity contribution in [2.75, 3.05) is 24.9 Å². The van der Waals surface area contributed by atoms with E-state index in [1.807, 2.05) is 25.1 Å². The third kappa shape index (κ3) is 5.76. The maximum Gasteiger partial charge on any atom is 0.263 e. The number of thioether (sulfide) groups is 1. The summed E-state index contributed by atoms with van der Waals surface area (Å²) in [5, 5.41) is 5.39. The Morgan fingerprint density at radius 2 is 1.55 bits per heavy atom. The highest BCUT2D eigenvalue weighted by Crippen LogP contribution is 2.30. The molecule has 7 nitrogen and oxygen atoms in total. The van der Waals surface area contributed by atoms with Crippen molar-refractivity contribution in [1.29, 1.82) is 0 Å². The van der Waals surface area contributed by atoms with Gasteiger partial charge in [0, 0.05) is 28.7 Å². The van der Waals surface area contributed by atoms with Gasteiger partial charge >= 0.3 is 0 Å².